The molecule has 1 aliphatic heterocycles. The van der Waals surface area contributed by atoms with Crippen LogP contribution in [-0.4, -0.2) is 6.34 Å². The quantitative estimate of drug-likeness (QED) is 0.723. The fraction of sp³-hybridized carbons (Fsp3) is 0.182. The second kappa shape index (κ2) is 3.89. The molecule has 17 heavy (non-hydrogen) atoms. The number of aliphatic imine (C=N–C) groups is 1. The van der Waals surface area contributed by atoms with Crippen molar-refractivity contribution in [1.82, 2.24) is 0 Å². The molecule has 1 aliphatic rings. The fourth-order valence-electron chi connectivity index (χ4n) is 1.61. The van der Waals surface area contributed by atoms with E-state index in [1.54, 1.807) is 13.1 Å². The van der Waals surface area contributed by atoms with Gasteiger partial charge in [0.1, 0.15) is 11.9 Å². The molecule has 0 radical (unpaired) electrons. The maximum absolute atomic E-state index is 12.6. The number of rotatable bonds is 1. The van der Waals surface area contributed by atoms with Crippen LogP contribution in [0.25, 0.3) is 0 Å². The fourth-order valence-corrected chi connectivity index (χ4v) is 1.61. The Bertz CT molecular complexity index is 503. The van der Waals surface area contributed by atoms with Gasteiger partial charge in [-0.05, 0) is 13.0 Å². The highest BCUT2D eigenvalue weighted by Gasteiger charge is 2.32. The van der Waals surface area contributed by atoms with Crippen LogP contribution >= 0.6 is 0 Å². The van der Waals surface area contributed by atoms with Gasteiger partial charge >= 0.3 is 6.18 Å². The molecule has 0 amide bonds. The summed E-state index contributed by atoms with van der Waals surface area (Å²) < 4.78 is 37.8. The third kappa shape index (κ3) is 2.47. The van der Waals surface area contributed by atoms with Crippen LogP contribution in [0.4, 0.5) is 24.5 Å². The van der Waals surface area contributed by atoms with E-state index in [4.69, 9.17) is 5.73 Å². The van der Waals surface area contributed by atoms with E-state index in [0.29, 0.717) is 10.6 Å². The van der Waals surface area contributed by atoms with E-state index in [9.17, 15) is 13.2 Å². The number of nitrogens with zero attached hydrogens (tertiary/aromatic N) is 1. The number of nitrogens with one attached hydrogen (secondary N) is 1. The molecule has 0 bridgehead atoms. The SMILES string of the molecule is CC1=C[NH+](c2cc(N)cc(C(F)(F)F)c2)C=N1. The number of quaternary nitrogens is 1. The summed E-state index contributed by atoms with van der Waals surface area (Å²) in [5.41, 5.74) is 6.02. The lowest BCUT2D eigenvalue weighted by Crippen LogP contribution is -3.00. The van der Waals surface area contributed by atoms with Gasteiger partial charge in [0.05, 0.1) is 11.3 Å². The standard InChI is InChI=1S/C11H10F3N3/c1-7-5-17(6-16-7)10-3-8(11(12,13)14)2-9(15)4-10/h2-6H,15H2,1H3/p+1. The van der Waals surface area contributed by atoms with Crippen LogP contribution in [-0.2, 0) is 6.18 Å². The van der Waals surface area contributed by atoms with Crippen molar-refractivity contribution in [2.45, 2.75) is 13.1 Å². The lowest BCUT2D eigenvalue weighted by atomic mass is 10.1. The molecule has 0 aliphatic carbocycles. The molecule has 1 heterocycles. The summed E-state index contributed by atoms with van der Waals surface area (Å²) in [5, 5.41) is 0. The van der Waals surface area contributed by atoms with Crippen molar-refractivity contribution in [1.29, 1.82) is 0 Å². The zero-order chi connectivity index (χ0) is 12.6. The van der Waals surface area contributed by atoms with Crippen molar-refractivity contribution >= 4 is 17.7 Å². The van der Waals surface area contributed by atoms with Crippen molar-refractivity contribution in [3.8, 4) is 0 Å². The van der Waals surface area contributed by atoms with Gasteiger partial charge < -0.3 is 5.73 Å². The van der Waals surface area contributed by atoms with Crippen molar-refractivity contribution in [3.63, 3.8) is 0 Å². The summed E-state index contributed by atoms with van der Waals surface area (Å²) in [7, 11) is 0. The number of alkyl halides is 3. The van der Waals surface area contributed by atoms with Gasteiger partial charge in [-0.15, -0.1) is 0 Å². The minimum atomic E-state index is -4.39. The molecule has 3 nitrogen and oxygen atoms in total. The predicted octanol–water partition coefficient (Wildman–Crippen LogP) is 1.71. The Morgan fingerprint density at radius 3 is 2.47 bits per heavy atom. The minimum Gasteiger partial charge on any atom is -0.399 e. The number of hydrogen-bond acceptors (Lipinski definition) is 2. The van der Waals surface area contributed by atoms with Crippen molar-refractivity contribution < 1.29 is 18.1 Å². The molecule has 1 aromatic rings. The average Bonchev–Trinajstić information content (AvgIpc) is 2.62. The molecule has 0 spiro atoms. The van der Waals surface area contributed by atoms with Crippen LogP contribution in [0.15, 0.2) is 35.1 Å². The highest BCUT2D eigenvalue weighted by atomic mass is 19.4. The second-order valence-corrected chi connectivity index (χ2v) is 3.84. The van der Waals surface area contributed by atoms with E-state index in [0.717, 1.165) is 17.8 Å². The van der Waals surface area contributed by atoms with Gasteiger partial charge in [-0.2, -0.15) is 13.2 Å². The first-order valence-corrected chi connectivity index (χ1v) is 4.94. The highest BCUT2D eigenvalue weighted by Crippen LogP contribution is 2.31. The Morgan fingerprint density at radius 1 is 1.24 bits per heavy atom. The molecule has 6 heteroatoms. The highest BCUT2D eigenvalue weighted by molar-refractivity contribution is 5.59. The Balaban J connectivity index is 2.43. The number of allylic oxidation sites excluding steroid dienone is 1. The summed E-state index contributed by atoms with van der Waals surface area (Å²) in [5.74, 6) is 0. The maximum Gasteiger partial charge on any atom is 0.416 e. The van der Waals surface area contributed by atoms with Gasteiger partial charge in [0.2, 0.25) is 0 Å². The number of anilines is 1. The molecule has 2 rings (SSSR count). The molecule has 0 saturated heterocycles. The third-order valence-corrected chi connectivity index (χ3v) is 2.39. The molecule has 1 atom stereocenters. The zero-order valence-corrected chi connectivity index (χ0v) is 9.05. The molecule has 1 aromatic carbocycles. The third-order valence-electron chi connectivity index (χ3n) is 2.39. The average molecular weight is 242 g/mol. The van der Waals surface area contributed by atoms with E-state index in [1.165, 1.54) is 12.4 Å². The van der Waals surface area contributed by atoms with Crippen LogP contribution < -0.4 is 10.6 Å². The number of benzene rings is 1. The topological polar surface area (TPSA) is 42.8 Å². The van der Waals surface area contributed by atoms with Crippen LogP contribution in [0.2, 0.25) is 0 Å². The smallest absolute Gasteiger partial charge is 0.399 e. The normalized spacial score (nSPS) is 19.5. The summed E-state index contributed by atoms with van der Waals surface area (Å²) in [6.45, 7) is 1.78. The van der Waals surface area contributed by atoms with E-state index < -0.39 is 11.7 Å². The molecule has 3 N–H and O–H groups in total. The minimum absolute atomic E-state index is 0.0914. The molecule has 0 fully saturated rings. The number of nitrogen functional groups attached to an aromatic ring is 1. The predicted molar refractivity (Wildman–Crippen MR) is 58.7 cm³/mol. The van der Waals surface area contributed by atoms with Gasteiger partial charge in [0, 0.05) is 17.8 Å². The molecule has 1 unspecified atom stereocenters. The Kier molecular flexibility index (Phi) is 2.66. The molecular weight excluding hydrogens is 231 g/mol. The van der Waals surface area contributed by atoms with Crippen molar-refractivity contribution in [3.05, 3.63) is 35.7 Å². The first-order chi connectivity index (χ1) is 7.86. The zero-order valence-electron chi connectivity index (χ0n) is 9.05. The van der Waals surface area contributed by atoms with E-state index in [-0.39, 0.29) is 5.69 Å². The van der Waals surface area contributed by atoms with Gasteiger partial charge in [-0.1, -0.05) is 0 Å². The summed E-state index contributed by atoms with van der Waals surface area (Å²) in [6.07, 6.45) is -1.14. The first-order valence-electron chi connectivity index (χ1n) is 4.94. The molecular formula is C11H11F3N3+. The van der Waals surface area contributed by atoms with Crippen LogP contribution in [0, 0.1) is 0 Å². The summed E-state index contributed by atoms with van der Waals surface area (Å²) >= 11 is 0. The maximum atomic E-state index is 12.6. The molecule has 0 aromatic heterocycles. The summed E-state index contributed by atoms with van der Waals surface area (Å²) in [4.78, 5) is 4.63. The van der Waals surface area contributed by atoms with Gasteiger partial charge in [-0.3, -0.25) is 0 Å². The van der Waals surface area contributed by atoms with E-state index in [2.05, 4.69) is 4.99 Å². The first kappa shape index (κ1) is 11.7. The molecule has 90 valence electrons. The van der Waals surface area contributed by atoms with Gasteiger partial charge in [-0.25, -0.2) is 9.89 Å². The lowest BCUT2D eigenvalue weighted by Gasteiger charge is -2.11. The number of nitrogens with two attached hydrogens (primary N) is 1. The van der Waals surface area contributed by atoms with Crippen LogP contribution in [0.1, 0.15) is 12.5 Å². The van der Waals surface area contributed by atoms with Crippen LogP contribution in [0.3, 0.4) is 0 Å². The van der Waals surface area contributed by atoms with Crippen molar-refractivity contribution in [2.75, 3.05) is 5.73 Å². The van der Waals surface area contributed by atoms with Crippen molar-refractivity contribution in [2.24, 2.45) is 4.99 Å². The number of halogens is 3. The summed E-state index contributed by atoms with van der Waals surface area (Å²) in [6, 6.07) is 3.51. The van der Waals surface area contributed by atoms with Gasteiger partial charge in [0.25, 0.3) is 0 Å². The van der Waals surface area contributed by atoms with E-state index >= 15 is 0 Å². The monoisotopic (exact) mass is 242 g/mol. The molecule has 0 saturated carbocycles. The lowest BCUT2D eigenvalue weighted by molar-refractivity contribution is -0.655. The van der Waals surface area contributed by atoms with Crippen LogP contribution in [0.5, 0.6) is 0 Å². The largest absolute Gasteiger partial charge is 0.416 e. The Morgan fingerprint density at radius 2 is 1.94 bits per heavy atom. The Hall–Kier alpha value is -1.82. The van der Waals surface area contributed by atoms with Gasteiger partial charge in [0.15, 0.2) is 6.34 Å². The second-order valence-electron chi connectivity index (χ2n) is 3.84. The Labute approximate surface area is 96.1 Å². The van der Waals surface area contributed by atoms with E-state index in [1.807, 2.05) is 0 Å². The number of hydrogen-bond donors (Lipinski definition) is 2.